The number of piperidine rings is 1. The third kappa shape index (κ3) is 5.38. The number of hydrogen-bond acceptors (Lipinski definition) is 3. The molecule has 2 rings (SSSR count). The molecular formula is C19H27NO3. The zero-order valence-electron chi connectivity index (χ0n) is 14.6. The van der Waals surface area contributed by atoms with E-state index in [4.69, 9.17) is 4.74 Å². The Morgan fingerprint density at radius 1 is 1.22 bits per heavy atom. The van der Waals surface area contributed by atoms with Crippen molar-refractivity contribution >= 4 is 11.9 Å². The SMILES string of the molecule is Cc1cccc(CC(=O)C2CCN(C(=O)OC(C)(C)C)CC2)c1. The fraction of sp³-hybridized carbons (Fsp3) is 0.579. The fourth-order valence-electron chi connectivity index (χ4n) is 2.88. The molecule has 4 nitrogen and oxygen atoms in total. The Balaban J connectivity index is 1.84. The van der Waals surface area contributed by atoms with Gasteiger partial charge in [-0.2, -0.15) is 0 Å². The van der Waals surface area contributed by atoms with Crippen LogP contribution in [0, 0.1) is 12.8 Å². The summed E-state index contributed by atoms with van der Waals surface area (Å²) in [4.78, 5) is 26.2. The molecule has 1 aromatic carbocycles. The molecule has 0 bridgehead atoms. The van der Waals surface area contributed by atoms with Crippen LogP contribution in [0.3, 0.4) is 0 Å². The van der Waals surface area contributed by atoms with E-state index in [1.54, 1.807) is 4.90 Å². The lowest BCUT2D eigenvalue weighted by atomic mass is 9.89. The summed E-state index contributed by atoms with van der Waals surface area (Å²) >= 11 is 0. The Kier molecular flexibility index (Phi) is 5.45. The lowest BCUT2D eigenvalue weighted by molar-refractivity contribution is -0.123. The predicted octanol–water partition coefficient (Wildman–Crippen LogP) is 3.75. The smallest absolute Gasteiger partial charge is 0.410 e. The first-order valence-corrected chi connectivity index (χ1v) is 8.31. The van der Waals surface area contributed by atoms with Crippen LogP contribution in [0.15, 0.2) is 24.3 Å². The third-order valence-corrected chi connectivity index (χ3v) is 4.06. The van der Waals surface area contributed by atoms with Crippen molar-refractivity contribution in [1.82, 2.24) is 4.90 Å². The average molecular weight is 317 g/mol. The molecule has 0 spiro atoms. The van der Waals surface area contributed by atoms with Gasteiger partial charge in [-0.15, -0.1) is 0 Å². The van der Waals surface area contributed by atoms with E-state index in [0.29, 0.717) is 19.5 Å². The van der Waals surface area contributed by atoms with Gasteiger partial charge in [0.2, 0.25) is 0 Å². The molecule has 1 aliphatic heterocycles. The van der Waals surface area contributed by atoms with Gasteiger partial charge in [0.05, 0.1) is 0 Å². The van der Waals surface area contributed by atoms with Gasteiger partial charge in [0, 0.05) is 25.4 Å². The molecule has 0 aromatic heterocycles. The van der Waals surface area contributed by atoms with Gasteiger partial charge in [0.1, 0.15) is 11.4 Å². The second kappa shape index (κ2) is 7.16. The molecule has 1 fully saturated rings. The van der Waals surface area contributed by atoms with Crippen LogP contribution in [0.5, 0.6) is 0 Å². The van der Waals surface area contributed by atoms with Crippen LogP contribution in [0.4, 0.5) is 4.79 Å². The van der Waals surface area contributed by atoms with Crippen LogP contribution < -0.4 is 0 Å². The molecule has 4 heteroatoms. The number of ketones is 1. The Morgan fingerprint density at radius 2 is 1.87 bits per heavy atom. The maximum atomic E-state index is 12.4. The van der Waals surface area contributed by atoms with E-state index < -0.39 is 5.60 Å². The summed E-state index contributed by atoms with van der Waals surface area (Å²) in [6.45, 7) is 8.82. The largest absolute Gasteiger partial charge is 0.444 e. The van der Waals surface area contributed by atoms with Crippen molar-refractivity contribution in [3.05, 3.63) is 35.4 Å². The molecule has 1 aromatic rings. The van der Waals surface area contributed by atoms with Crippen LogP contribution in [0.1, 0.15) is 44.7 Å². The second-order valence-corrected chi connectivity index (χ2v) is 7.37. The summed E-state index contributed by atoms with van der Waals surface area (Å²) in [6.07, 6.45) is 1.66. The second-order valence-electron chi connectivity index (χ2n) is 7.37. The number of benzene rings is 1. The van der Waals surface area contributed by atoms with Crippen LogP contribution in [0.25, 0.3) is 0 Å². The molecule has 1 heterocycles. The molecule has 0 N–H and O–H groups in total. The number of carbonyl (C=O) groups is 2. The molecule has 1 aliphatic rings. The lowest BCUT2D eigenvalue weighted by Crippen LogP contribution is -2.43. The van der Waals surface area contributed by atoms with E-state index in [2.05, 4.69) is 6.07 Å². The van der Waals surface area contributed by atoms with Crippen molar-refractivity contribution in [2.24, 2.45) is 5.92 Å². The molecule has 0 radical (unpaired) electrons. The first-order chi connectivity index (χ1) is 10.7. The van der Waals surface area contributed by atoms with Crippen molar-refractivity contribution in [2.45, 2.75) is 52.6 Å². The molecule has 0 aliphatic carbocycles. The van der Waals surface area contributed by atoms with E-state index in [1.165, 1.54) is 5.56 Å². The highest BCUT2D eigenvalue weighted by Crippen LogP contribution is 2.22. The standard InChI is InChI=1S/C19H27NO3/c1-14-6-5-7-15(12-14)13-17(21)16-8-10-20(11-9-16)18(22)23-19(2,3)4/h5-7,12,16H,8-11,13H2,1-4H3. The number of carbonyl (C=O) groups excluding carboxylic acids is 2. The third-order valence-electron chi connectivity index (χ3n) is 4.06. The Labute approximate surface area is 138 Å². The minimum absolute atomic E-state index is 0.0502. The molecule has 23 heavy (non-hydrogen) atoms. The first kappa shape index (κ1) is 17.5. The maximum Gasteiger partial charge on any atom is 0.410 e. The molecule has 1 saturated heterocycles. The van der Waals surface area contributed by atoms with Gasteiger partial charge in [-0.05, 0) is 46.1 Å². The van der Waals surface area contributed by atoms with E-state index in [-0.39, 0.29) is 17.8 Å². The first-order valence-electron chi connectivity index (χ1n) is 8.31. The van der Waals surface area contributed by atoms with Crippen LogP contribution in [0.2, 0.25) is 0 Å². The van der Waals surface area contributed by atoms with E-state index in [9.17, 15) is 9.59 Å². The topological polar surface area (TPSA) is 46.6 Å². The summed E-state index contributed by atoms with van der Waals surface area (Å²) < 4.78 is 5.38. The molecule has 1 amide bonds. The molecular weight excluding hydrogens is 290 g/mol. The van der Waals surface area contributed by atoms with Crippen molar-refractivity contribution in [3.63, 3.8) is 0 Å². The van der Waals surface area contributed by atoms with Gasteiger partial charge in [-0.1, -0.05) is 29.8 Å². The van der Waals surface area contributed by atoms with Crippen molar-refractivity contribution in [2.75, 3.05) is 13.1 Å². The van der Waals surface area contributed by atoms with Gasteiger partial charge >= 0.3 is 6.09 Å². The lowest BCUT2D eigenvalue weighted by Gasteiger charge is -2.33. The van der Waals surface area contributed by atoms with E-state index in [0.717, 1.165) is 18.4 Å². The van der Waals surface area contributed by atoms with Crippen molar-refractivity contribution < 1.29 is 14.3 Å². The Hall–Kier alpha value is -1.84. The normalized spacial score (nSPS) is 16.3. The molecule has 0 unspecified atom stereocenters. The number of amides is 1. The minimum atomic E-state index is -0.477. The number of hydrogen-bond donors (Lipinski definition) is 0. The Bertz CT molecular complexity index is 566. The highest BCUT2D eigenvalue weighted by atomic mass is 16.6. The predicted molar refractivity (Wildman–Crippen MR) is 90.4 cm³/mol. The van der Waals surface area contributed by atoms with Crippen molar-refractivity contribution in [1.29, 1.82) is 0 Å². The number of aryl methyl sites for hydroxylation is 1. The van der Waals surface area contributed by atoms with Crippen LogP contribution in [-0.2, 0) is 16.0 Å². The van der Waals surface area contributed by atoms with Gasteiger partial charge in [0.25, 0.3) is 0 Å². The van der Waals surface area contributed by atoms with Crippen LogP contribution >= 0.6 is 0 Å². The average Bonchev–Trinajstić information content (AvgIpc) is 2.45. The van der Waals surface area contributed by atoms with E-state index in [1.807, 2.05) is 45.9 Å². The summed E-state index contributed by atoms with van der Waals surface area (Å²) in [5, 5.41) is 0. The summed E-state index contributed by atoms with van der Waals surface area (Å²) in [5.41, 5.74) is 1.77. The quantitative estimate of drug-likeness (QED) is 0.853. The summed E-state index contributed by atoms with van der Waals surface area (Å²) in [6, 6.07) is 8.09. The van der Waals surface area contributed by atoms with Gasteiger partial charge in [-0.25, -0.2) is 4.79 Å². The number of rotatable bonds is 3. The van der Waals surface area contributed by atoms with Crippen LogP contribution in [-0.4, -0.2) is 35.5 Å². The number of likely N-dealkylation sites (tertiary alicyclic amines) is 1. The number of nitrogens with zero attached hydrogens (tertiary/aromatic N) is 1. The van der Waals surface area contributed by atoms with Gasteiger partial charge in [-0.3, -0.25) is 4.79 Å². The monoisotopic (exact) mass is 317 g/mol. The highest BCUT2D eigenvalue weighted by Gasteiger charge is 2.29. The van der Waals surface area contributed by atoms with Crippen molar-refractivity contribution in [3.8, 4) is 0 Å². The summed E-state index contributed by atoms with van der Waals surface area (Å²) in [5.74, 6) is 0.327. The fourth-order valence-corrected chi connectivity index (χ4v) is 2.88. The summed E-state index contributed by atoms with van der Waals surface area (Å²) in [7, 11) is 0. The van der Waals surface area contributed by atoms with E-state index >= 15 is 0 Å². The zero-order chi connectivity index (χ0) is 17.0. The zero-order valence-corrected chi connectivity index (χ0v) is 14.6. The molecule has 0 atom stereocenters. The maximum absolute atomic E-state index is 12.4. The van der Waals surface area contributed by atoms with Gasteiger partial charge < -0.3 is 9.64 Å². The molecule has 0 saturated carbocycles. The number of Topliss-reactive ketones (excluding diaryl/α,β-unsaturated/α-hetero) is 1. The number of ether oxygens (including phenoxy) is 1. The highest BCUT2D eigenvalue weighted by molar-refractivity contribution is 5.83. The minimum Gasteiger partial charge on any atom is -0.444 e. The Morgan fingerprint density at radius 3 is 2.43 bits per heavy atom. The van der Waals surface area contributed by atoms with Gasteiger partial charge in [0.15, 0.2) is 0 Å². The molecule has 126 valence electrons.